The predicted octanol–water partition coefficient (Wildman–Crippen LogP) is 1.99. The number of nitrogens with two attached hydrogens (primary N) is 1. The van der Waals surface area contributed by atoms with E-state index in [1.165, 1.54) is 0 Å². The number of carbonyl (C=O) groups excluding carboxylic acids is 1. The zero-order valence-electron chi connectivity index (χ0n) is 12.5. The molecule has 1 aliphatic carbocycles. The number of amides is 1. The Bertz CT molecular complexity index is 471. The molecule has 20 heavy (non-hydrogen) atoms. The van der Waals surface area contributed by atoms with Gasteiger partial charge in [0.25, 0.3) is 0 Å². The van der Waals surface area contributed by atoms with Gasteiger partial charge in [-0.3, -0.25) is 4.79 Å². The van der Waals surface area contributed by atoms with E-state index in [4.69, 9.17) is 5.73 Å². The van der Waals surface area contributed by atoms with Crippen molar-refractivity contribution in [3.05, 3.63) is 18.3 Å². The second-order valence-electron chi connectivity index (χ2n) is 6.11. The fourth-order valence-corrected chi connectivity index (χ4v) is 2.78. The minimum Gasteiger partial charge on any atom is -0.363 e. The Labute approximate surface area is 120 Å². The lowest BCUT2D eigenvalue weighted by atomic mass is 9.76. The molecule has 0 saturated heterocycles. The van der Waals surface area contributed by atoms with Gasteiger partial charge in [-0.1, -0.05) is 19.8 Å². The highest BCUT2D eigenvalue weighted by Gasteiger charge is 2.37. The molecule has 1 saturated carbocycles. The molecule has 1 heterocycles. The van der Waals surface area contributed by atoms with Gasteiger partial charge in [0.15, 0.2) is 0 Å². The molecular formula is C15H24N4O. The SMILES string of the molecule is CC1CCCC(N)(C(=O)Nc2ccc(N(C)C)nc2)C1. The fraction of sp³-hybridized carbons (Fsp3) is 0.600. The van der Waals surface area contributed by atoms with Crippen LogP contribution in [0.1, 0.15) is 32.6 Å². The second-order valence-corrected chi connectivity index (χ2v) is 6.11. The van der Waals surface area contributed by atoms with Crippen LogP contribution in [0, 0.1) is 5.92 Å². The first-order chi connectivity index (χ1) is 9.40. The van der Waals surface area contributed by atoms with Crippen molar-refractivity contribution in [3.63, 3.8) is 0 Å². The first-order valence-electron chi connectivity index (χ1n) is 7.14. The highest BCUT2D eigenvalue weighted by molar-refractivity contribution is 5.98. The summed E-state index contributed by atoms with van der Waals surface area (Å²) in [6.45, 7) is 2.15. The minimum absolute atomic E-state index is 0.0940. The maximum Gasteiger partial charge on any atom is 0.244 e. The van der Waals surface area contributed by atoms with Gasteiger partial charge in [0.2, 0.25) is 5.91 Å². The molecule has 110 valence electrons. The van der Waals surface area contributed by atoms with Gasteiger partial charge in [-0.15, -0.1) is 0 Å². The molecule has 0 bridgehead atoms. The highest BCUT2D eigenvalue weighted by Crippen LogP contribution is 2.31. The van der Waals surface area contributed by atoms with Gasteiger partial charge in [-0.25, -0.2) is 4.98 Å². The van der Waals surface area contributed by atoms with E-state index >= 15 is 0 Å². The Kier molecular flexibility index (Phi) is 4.28. The lowest BCUT2D eigenvalue weighted by Crippen LogP contribution is -2.53. The van der Waals surface area contributed by atoms with Crippen LogP contribution < -0.4 is 16.0 Å². The Morgan fingerprint density at radius 1 is 1.50 bits per heavy atom. The Balaban J connectivity index is 2.03. The van der Waals surface area contributed by atoms with Crippen molar-refractivity contribution >= 4 is 17.4 Å². The standard InChI is InChI=1S/C15H24N4O/c1-11-5-4-8-15(16,9-11)14(20)18-12-6-7-13(17-10-12)19(2)3/h6-7,10-11H,4-5,8-9,16H2,1-3H3,(H,18,20). The summed E-state index contributed by atoms with van der Waals surface area (Å²) in [6, 6.07) is 3.73. The quantitative estimate of drug-likeness (QED) is 0.885. The maximum atomic E-state index is 12.4. The molecule has 2 atom stereocenters. The van der Waals surface area contributed by atoms with Gasteiger partial charge in [0, 0.05) is 14.1 Å². The van der Waals surface area contributed by atoms with Gasteiger partial charge in [-0.05, 0) is 30.9 Å². The normalized spacial score (nSPS) is 26.1. The third-order valence-electron chi connectivity index (χ3n) is 3.95. The molecule has 5 heteroatoms. The molecule has 1 aromatic heterocycles. The average Bonchev–Trinajstić information content (AvgIpc) is 2.39. The molecule has 0 aliphatic heterocycles. The van der Waals surface area contributed by atoms with Crippen LogP contribution in [-0.2, 0) is 4.79 Å². The topological polar surface area (TPSA) is 71.2 Å². The Morgan fingerprint density at radius 2 is 2.25 bits per heavy atom. The maximum absolute atomic E-state index is 12.4. The van der Waals surface area contributed by atoms with E-state index < -0.39 is 5.54 Å². The number of aromatic nitrogens is 1. The molecule has 5 nitrogen and oxygen atoms in total. The summed E-state index contributed by atoms with van der Waals surface area (Å²) < 4.78 is 0. The minimum atomic E-state index is -0.738. The summed E-state index contributed by atoms with van der Waals surface area (Å²) in [5.41, 5.74) is 6.24. The molecule has 0 radical (unpaired) electrons. The fourth-order valence-electron chi connectivity index (χ4n) is 2.78. The smallest absolute Gasteiger partial charge is 0.244 e. The molecular weight excluding hydrogens is 252 g/mol. The number of hydrogen-bond donors (Lipinski definition) is 2. The lowest BCUT2D eigenvalue weighted by molar-refractivity contribution is -0.122. The number of nitrogens with one attached hydrogen (secondary N) is 1. The van der Waals surface area contributed by atoms with Crippen LogP contribution in [0.2, 0.25) is 0 Å². The predicted molar refractivity (Wildman–Crippen MR) is 81.7 cm³/mol. The van der Waals surface area contributed by atoms with Crippen LogP contribution in [0.5, 0.6) is 0 Å². The van der Waals surface area contributed by atoms with E-state index in [-0.39, 0.29) is 5.91 Å². The monoisotopic (exact) mass is 276 g/mol. The van der Waals surface area contributed by atoms with Crippen LogP contribution >= 0.6 is 0 Å². The summed E-state index contributed by atoms with van der Waals surface area (Å²) >= 11 is 0. The summed E-state index contributed by atoms with van der Waals surface area (Å²) in [5, 5.41) is 2.89. The zero-order chi connectivity index (χ0) is 14.8. The summed E-state index contributed by atoms with van der Waals surface area (Å²) in [7, 11) is 3.86. The summed E-state index contributed by atoms with van der Waals surface area (Å²) in [6.07, 6.45) is 5.35. The second kappa shape index (κ2) is 5.79. The number of carbonyl (C=O) groups is 1. The third-order valence-corrected chi connectivity index (χ3v) is 3.95. The van der Waals surface area contributed by atoms with Crippen molar-refractivity contribution in [2.45, 2.75) is 38.1 Å². The number of rotatable bonds is 3. The van der Waals surface area contributed by atoms with Crippen molar-refractivity contribution in [1.82, 2.24) is 4.98 Å². The van der Waals surface area contributed by atoms with Gasteiger partial charge >= 0.3 is 0 Å². The van der Waals surface area contributed by atoms with Crippen LogP contribution in [-0.4, -0.2) is 30.5 Å². The van der Waals surface area contributed by atoms with E-state index in [0.717, 1.165) is 31.5 Å². The molecule has 1 amide bonds. The van der Waals surface area contributed by atoms with Crippen LogP contribution in [0.25, 0.3) is 0 Å². The number of nitrogens with zero attached hydrogens (tertiary/aromatic N) is 2. The number of anilines is 2. The highest BCUT2D eigenvalue weighted by atomic mass is 16.2. The first-order valence-corrected chi connectivity index (χ1v) is 7.14. The van der Waals surface area contributed by atoms with E-state index in [1.54, 1.807) is 6.20 Å². The molecule has 2 rings (SSSR count). The molecule has 1 aliphatic rings. The number of pyridine rings is 1. The molecule has 3 N–H and O–H groups in total. The van der Waals surface area contributed by atoms with E-state index in [2.05, 4.69) is 17.2 Å². The van der Waals surface area contributed by atoms with Crippen molar-refractivity contribution in [2.75, 3.05) is 24.3 Å². The number of hydrogen-bond acceptors (Lipinski definition) is 4. The third kappa shape index (κ3) is 3.28. The Morgan fingerprint density at radius 3 is 2.80 bits per heavy atom. The average molecular weight is 276 g/mol. The zero-order valence-corrected chi connectivity index (χ0v) is 12.5. The van der Waals surface area contributed by atoms with Crippen LogP contribution in [0.15, 0.2) is 18.3 Å². The molecule has 1 fully saturated rings. The van der Waals surface area contributed by atoms with Gasteiger partial charge in [0.1, 0.15) is 5.82 Å². The van der Waals surface area contributed by atoms with E-state index in [0.29, 0.717) is 11.6 Å². The summed E-state index contributed by atoms with van der Waals surface area (Å²) in [4.78, 5) is 18.6. The molecule has 2 unspecified atom stereocenters. The van der Waals surface area contributed by atoms with Crippen LogP contribution in [0.4, 0.5) is 11.5 Å². The van der Waals surface area contributed by atoms with E-state index in [9.17, 15) is 4.79 Å². The van der Waals surface area contributed by atoms with Crippen LogP contribution in [0.3, 0.4) is 0 Å². The van der Waals surface area contributed by atoms with Crippen molar-refractivity contribution in [2.24, 2.45) is 11.7 Å². The van der Waals surface area contributed by atoms with Crippen molar-refractivity contribution in [3.8, 4) is 0 Å². The van der Waals surface area contributed by atoms with Gasteiger partial charge < -0.3 is 16.0 Å². The lowest BCUT2D eigenvalue weighted by Gasteiger charge is -2.35. The molecule has 0 aromatic carbocycles. The van der Waals surface area contributed by atoms with Crippen molar-refractivity contribution in [1.29, 1.82) is 0 Å². The molecule has 1 aromatic rings. The van der Waals surface area contributed by atoms with Crippen molar-refractivity contribution < 1.29 is 4.79 Å². The first kappa shape index (κ1) is 14.8. The summed E-state index contributed by atoms with van der Waals surface area (Å²) in [5.74, 6) is 1.27. The molecule has 0 spiro atoms. The largest absolute Gasteiger partial charge is 0.363 e. The Hall–Kier alpha value is -1.62. The van der Waals surface area contributed by atoms with Gasteiger partial charge in [-0.2, -0.15) is 0 Å². The van der Waals surface area contributed by atoms with E-state index in [1.807, 2.05) is 31.1 Å². The van der Waals surface area contributed by atoms with Gasteiger partial charge in [0.05, 0.1) is 17.4 Å².